The molecule has 1 amide bonds. The monoisotopic (exact) mass is 433 g/mol. The predicted molar refractivity (Wildman–Crippen MR) is 118 cm³/mol. The molecule has 3 rings (SSSR count). The molecule has 1 aromatic carbocycles. The molecule has 2 aliphatic heterocycles. The minimum Gasteiger partial charge on any atom is -0.481 e. The Balaban J connectivity index is 1.92. The maximum atomic E-state index is 12.9. The zero-order valence-corrected chi connectivity index (χ0v) is 19.1. The highest BCUT2D eigenvalue weighted by molar-refractivity contribution is 6.31. The third-order valence-electron chi connectivity index (χ3n) is 6.14. The number of aliphatic carboxylic acids is 1. The number of rotatable bonds is 6. The van der Waals surface area contributed by atoms with Gasteiger partial charge in [-0.05, 0) is 54.4 Å². The van der Waals surface area contributed by atoms with E-state index in [0.29, 0.717) is 13.0 Å². The Hall–Kier alpha value is -1.85. The van der Waals surface area contributed by atoms with Crippen LogP contribution in [0.15, 0.2) is 30.0 Å². The maximum Gasteiger partial charge on any atom is 0.305 e. The van der Waals surface area contributed by atoms with Gasteiger partial charge in [0.15, 0.2) is 0 Å². The minimum atomic E-state index is -0.906. The van der Waals surface area contributed by atoms with E-state index < -0.39 is 11.4 Å². The fraction of sp³-hybridized carbons (Fsp3) is 0.583. The van der Waals surface area contributed by atoms with Gasteiger partial charge in [0.2, 0.25) is 5.91 Å². The van der Waals surface area contributed by atoms with E-state index in [-0.39, 0.29) is 36.8 Å². The molecule has 0 bridgehead atoms. The summed E-state index contributed by atoms with van der Waals surface area (Å²) in [5.41, 5.74) is 2.93. The normalized spacial score (nSPS) is 24.4. The molecule has 6 heteroatoms. The summed E-state index contributed by atoms with van der Waals surface area (Å²) >= 11 is 6.66. The standard InChI is InChI=1S/C24H32ClNO4/c1-16-11-19-14-26(10-8-22(28)29)21(27)13-24(19,15-30-16)18-6-5-17(20(25)12-18)7-9-23(2,3)4/h5-6,12,14,16H,7-11,13,15H2,1-4H3,(H,28,29)/t16-,24?/m1/s1. The fourth-order valence-corrected chi connectivity index (χ4v) is 4.51. The molecule has 0 aromatic heterocycles. The topological polar surface area (TPSA) is 66.8 Å². The van der Waals surface area contributed by atoms with Crippen molar-refractivity contribution in [2.24, 2.45) is 5.41 Å². The average Bonchev–Trinajstić information content (AvgIpc) is 2.65. The van der Waals surface area contributed by atoms with Crippen molar-refractivity contribution in [3.8, 4) is 0 Å². The second kappa shape index (κ2) is 8.72. The van der Waals surface area contributed by atoms with E-state index in [2.05, 4.69) is 32.9 Å². The third kappa shape index (κ3) is 5.06. The first-order valence-corrected chi connectivity index (χ1v) is 11.0. The van der Waals surface area contributed by atoms with Crippen molar-refractivity contribution in [3.05, 3.63) is 46.1 Å². The van der Waals surface area contributed by atoms with Crippen LogP contribution in [-0.2, 0) is 26.2 Å². The van der Waals surface area contributed by atoms with Crippen molar-refractivity contribution in [1.82, 2.24) is 4.90 Å². The summed E-state index contributed by atoms with van der Waals surface area (Å²) in [7, 11) is 0. The van der Waals surface area contributed by atoms with Gasteiger partial charge in [-0.3, -0.25) is 9.59 Å². The van der Waals surface area contributed by atoms with Crippen LogP contribution in [0.3, 0.4) is 0 Å². The number of hydrogen-bond donors (Lipinski definition) is 1. The fourth-order valence-electron chi connectivity index (χ4n) is 4.24. The molecule has 2 heterocycles. The number of hydrogen-bond acceptors (Lipinski definition) is 3. The largest absolute Gasteiger partial charge is 0.481 e. The van der Waals surface area contributed by atoms with Crippen LogP contribution in [0.25, 0.3) is 0 Å². The summed E-state index contributed by atoms with van der Waals surface area (Å²) in [6.07, 6.45) is 4.77. The quantitative estimate of drug-likeness (QED) is 0.688. The highest BCUT2D eigenvalue weighted by Crippen LogP contribution is 2.46. The lowest BCUT2D eigenvalue weighted by Crippen LogP contribution is -2.49. The minimum absolute atomic E-state index is 0.0560. The molecular weight excluding hydrogens is 402 g/mol. The highest BCUT2D eigenvalue weighted by atomic mass is 35.5. The lowest BCUT2D eigenvalue weighted by atomic mass is 9.67. The Morgan fingerprint density at radius 1 is 1.37 bits per heavy atom. The molecule has 2 atom stereocenters. The molecule has 30 heavy (non-hydrogen) atoms. The van der Waals surface area contributed by atoms with Crippen LogP contribution in [0.1, 0.15) is 64.5 Å². The Kier molecular flexibility index (Phi) is 6.63. The van der Waals surface area contributed by atoms with Gasteiger partial charge in [0.25, 0.3) is 0 Å². The summed E-state index contributed by atoms with van der Waals surface area (Å²) in [5, 5.41) is 9.72. The van der Waals surface area contributed by atoms with Crippen molar-refractivity contribution in [1.29, 1.82) is 0 Å². The number of benzene rings is 1. The van der Waals surface area contributed by atoms with Gasteiger partial charge in [0.1, 0.15) is 0 Å². The number of carboxylic acids is 1. The first-order chi connectivity index (χ1) is 14.0. The molecule has 1 saturated heterocycles. The van der Waals surface area contributed by atoms with Crippen molar-refractivity contribution in [2.75, 3.05) is 13.2 Å². The van der Waals surface area contributed by atoms with E-state index in [1.807, 2.05) is 19.2 Å². The zero-order chi connectivity index (χ0) is 22.1. The van der Waals surface area contributed by atoms with Crippen LogP contribution in [0, 0.1) is 5.41 Å². The van der Waals surface area contributed by atoms with Gasteiger partial charge >= 0.3 is 5.97 Å². The first kappa shape index (κ1) is 22.8. The Morgan fingerprint density at radius 3 is 2.73 bits per heavy atom. The van der Waals surface area contributed by atoms with E-state index in [0.717, 1.165) is 34.6 Å². The molecule has 1 fully saturated rings. The van der Waals surface area contributed by atoms with Gasteiger partial charge in [-0.1, -0.05) is 44.5 Å². The smallest absolute Gasteiger partial charge is 0.305 e. The number of amides is 1. The second-order valence-electron chi connectivity index (χ2n) is 9.84. The molecule has 1 N–H and O–H groups in total. The van der Waals surface area contributed by atoms with Crippen LogP contribution in [-0.4, -0.2) is 41.1 Å². The van der Waals surface area contributed by atoms with E-state index in [1.165, 1.54) is 0 Å². The van der Waals surface area contributed by atoms with E-state index in [4.69, 9.17) is 21.4 Å². The lowest BCUT2D eigenvalue weighted by molar-refractivity contribution is -0.138. The molecule has 0 saturated carbocycles. The summed E-state index contributed by atoms with van der Waals surface area (Å²) in [5.74, 6) is -0.984. The highest BCUT2D eigenvalue weighted by Gasteiger charge is 2.46. The Morgan fingerprint density at radius 2 is 2.10 bits per heavy atom. The SMILES string of the molecule is C[C@@H]1CC2=CN(CCC(=O)O)C(=O)CC2(c2ccc(CCC(C)(C)C)c(Cl)c2)CO1. The number of carbonyl (C=O) groups excluding carboxylic acids is 1. The van der Waals surface area contributed by atoms with Crippen LogP contribution in [0.5, 0.6) is 0 Å². The molecule has 0 radical (unpaired) electrons. The summed E-state index contributed by atoms with van der Waals surface area (Å²) in [6, 6.07) is 6.15. The number of carboxylic acid groups (broad SMARTS) is 1. The van der Waals surface area contributed by atoms with E-state index in [9.17, 15) is 9.59 Å². The number of ether oxygens (including phenoxy) is 1. The van der Waals surface area contributed by atoms with Gasteiger partial charge < -0.3 is 14.7 Å². The Labute approximate surface area is 184 Å². The zero-order valence-electron chi connectivity index (χ0n) is 18.3. The molecule has 0 spiro atoms. The first-order valence-electron chi connectivity index (χ1n) is 10.6. The van der Waals surface area contributed by atoms with Gasteiger partial charge in [-0.2, -0.15) is 0 Å². The number of halogens is 1. The summed E-state index contributed by atoms with van der Waals surface area (Å²) in [4.78, 5) is 25.4. The van der Waals surface area contributed by atoms with Gasteiger partial charge in [-0.25, -0.2) is 0 Å². The predicted octanol–water partition coefficient (Wildman–Crippen LogP) is 4.96. The number of aryl methyl sites for hydroxylation is 1. The van der Waals surface area contributed by atoms with Crippen LogP contribution in [0.2, 0.25) is 5.02 Å². The average molecular weight is 434 g/mol. The van der Waals surface area contributed by atoms with E-state index in [1.54, 1.807) is 4.90 Å². The molecule has 0 aliphatic carbocycles. The molecule has 1 unspecified atom stereocenters. The molecule has 164 valence electrons. The molecular formula is C24H32ClNO4. The second-order valence-corrected chi connectivity index (χ2v) is 10.2. The summed E-state index contributed by atoms with van der Waals surface area (Å²) in [6.45, 7) is 9.29. The lowest BCUT2D eigenvalue weighted by Gasteiger charge is -2.46. The van der Waals surface area contributed by atoms with Crippen molar-refractivity contribution in [3.63, 3.8) is 0 Å². The number of fused-ring (bicyclic) bond motifs is 1. The van der Waals surface area contributed by atoms with Crippen molar-refractivity contribution < 1.29 is 19.4 Å². The number of nitrogens with zero attached hydrogens (tertiary/aromatic N) is 1. The van der Waals surface area contributed by atoms with Gasteiger partial charge in [0, 0.05) is 24.2 Å². The Bertz CT molecular complexity index is 857. The van der Waals surface area contributed by atoms with Gasteiger partial charge in [-0.15, -0.1) is 0 Å². The van der Waals surface area contributed by atoms with Crippen molar-refractivity contribution >= 4 is 23.5 Å². The van der Waals surface area contributed by atoms with Gasteiger partial charge in [0.05, 0.1) is 24.5 Å². The van der Waals surface area contributed by atoms with Crippen LogP contribution >= 0.6 is 11.6 Å². The molecule has 2 aliphatic rings. The maximum absolute atomic E-state index is 12.9. The van der Waals surface area contributed by atoms with Crippen LogP contribution < -0.4 is 0 Å². The number of carbonyl (C=O) groups is 2. The van der Waals surface area contributed by atoms with Crippen molar-refractivity contribution in [2.45, 2.75) is 71.3 Å². The molecule has 5 nitrogen and oxygen atoms in total. The molecule has 1 aromatic rings. The third-order valence-corrected chi connectivity index (χ3v) is 6.49. The summed E-state index contributed by atoms with van der Waals surface area (Å²) < 4.78 is 6.00. The van der Waals surface area contributed by atoms with E-state index >= 15 is 0 Å². The van der Waals surface area contributed by atoms with Crippen LogP contribution in [0.4, 0.5) is 0 Å².